The van der Waals surface area contributed by atoms with Gasteiger partial charge in [-0.1, -0.05) is 6.07 Å². The first kappa shape index (κ1) is 18.9. The molecule has 142 valence electrons. The van der Waals surface area contributed by atoms with Gasteiger partial charge in [0.25, 0.3) is 0 Å². The lowest BCUT2D eigenvalue weighted by Crippen LogP contribution is -2.07. The van der Waals surface area contributed by atoms with Gasteiger partial charge >= 0.3 is 5.97 Å². The van der Waals surface area contributed by atoms with Crippen LogP contribution in [0.15, 0.2) is 30.7 Å². The Morgan fingerprint density at radius 1 is 1.33 bits per heavy atom. The first-order valence-corrected chi connectivity index (χ1v) is 8.69. The third-order valence-corrected chi connectivity index (χ3v) is 4.14. The van der Waals surface area contributed by atoms with Gasteiger partial charge in [-0.05, 0) is 37.5 Å². The standard InChI is InChI=1S/C19H20F2N4O2/c1-3-27-19(26)18-14-11-25(24-16(14)6-7-22-18)10-13-8-12(2)15(23-9-13)4-5-17(20)21/h6-9,11,17H,3-5,10H2,1-2H3. The van der Waals surface area contributed by atoms with Gasteiger partial charge in [-0.25, -0.2) is 18.6 Å². The average molecular weight is 374 g/mol. The SMILES string of the molecule is CCOC(=O)c1nccc2nn(Cc3cnc(CCC(F)F)c(C)c3)cc12. The van der Waals surface area contributed by atoms with Crippen LogP contribution >= 0.6 is 0 Å². The molecule has 0 fully saturated rings. The van der Waals surface area contributed by atoms with Crippen molar-refractivity contribution in [3.05, 3.63) is 53.2 Å². The number of esters is 1. The molecule has 0 bridgehead atoms. The average Bonchev–Trinajstić information content (AvgIpc) is 3.03. The highest BCUT2D eigenvalue weighted by molar-refractivity contribution is 6.01. The van der Waals surface area contributed by atoms with Gasteiger partial charge in [-0.15, -0.1) is 0 Å². The van der Waals surface area contributed by atoms with E-state index in [0.717, 1.165) is 11.1 Å². The maximum Gasteiger partial charge on any atom is 0.357 e. The highest BCUT2D eigenvalue weighted by Gasteiger charge is 2.15. The topological polar surface area (TPSA) is 69.9 Å². The zero-order valence-corrected chi connectivity index (χ0v) is 15.2. The van der Waals surface area contributed by atoms with E-state index >= 15 is 0 Å². The van der Waals surface area contributed by atoms with Gasteiger partial charge in [0.15, 0.2) is 5.69 Å². The molecule has 27 heavy (non-hydrogen) atoms. The number of halogens is 2. The van der Waals surface area contributed by atoms with Crippen LogP contribution in [-0.4, -0.2) is 38.8 Å². The van der Waals surface area contributed by atoms with Gasteiger partial charge in [0, 0.05) is 30.7 Å². The third-order valence-electron chi connectivity index (χ3n) is 4.14. The van der Waals surface area contributed by atoms with Crippen LogP contribution in [0.2, 0.25) is 0 Å². The van der Waals surface area contributed by atoms with E-state index in [1.807, 2.05) is 13.0 Å². The Morgan fingerprint density at radius 2 is 2.15 bits per heavy atom. The molecule has 0 radical (unpaired) electrons. The molecule has 0 unspecified atom stereocenters. The zero-order chi connectivity index (χ0) is 19.4. The van der Waals surface area contributed by atoms with Crippen LogP contribution in [0.5, 0.6) is 0 Å². The number of hydrogen-bond acceptors (Lipinski definition) is 5. The van der Waals surface area contributed by atoms with Gasteiger partial charge in [0.2, 0.25) is 6.43 Å². The molecule has 0 saturated carbocycles. The van der Waals surface area contributed by atoms with Crippen LogP contribution in [0.3, 0.4) is 0 Å². The van der Waals surface area contributed by atoms with Crippen molar-refractivity contribution in [2.45, 2.75) is 39.7 Å². The fourth-order valence-electron chi connectivity index (χ4n) is 2.88. The Balaban J connectivity index is 1.81. The number of rotatable bonds is 7. The van der Waals surface area contributed by atoms with Gasteiger partial charge in [0.05, 0.1) is 24.1 Å². The normalized spacial score (nSPS) is 11.3. The summed E-state index contributed by atoms with van der Waals surface area (Å²) < 4.78 is 31.5. The second kappa shape index (κ2) is 8.20. The molecule has 0 aliphatic carbocycles. The van der Waals surface area contributed by atoms with Crippen molar-refractivity contribution in [2.24, 2.45) is 0 Å². The summed E-state index contributed by atoms with van der Waals surface area (Å²) in [6.45, 7) is 4.31. The molecule has 0 saturated heterocycles. The number of carbonyl (C=O) groups excluding carboxylic acids is 1. The molecule has 0 N–H and O–H groups in total. The molecule has 0 aliphatic heterocycles. The number of aromatic nitrogens is 4. The van der Waals surface area contributed by atoms with Crippen LogP contribution in [0.25, 0.3) is 10.9 Å². The zero-order valence-electron chi connectivity index (χ0n) is 15.2. The number of hydrogen-bond donors (Lipinski definition) is 0. The first-order chi connectivity index (χ1) is 13.0. The van der Waals surface area contributed by atoms with Gasteiger partial charge in [-0.3, -0.25) is 9.67 Å². The number of carbonyl (C=O) groups is 1. The molecule has 0 spiro atoms. The second-order valence-corrected chi connectivity index (χ2v) is 6.18. The molecule has 0 aromatic carbocycles. The lowest BCUT2D eigenvalue weighted by Gasteiger charge is -2.08. The first-order valence-electron chi connectivity index (χ1n) is 8.69. The molecule has 3 rings (SSSR count). The summed E-state index contributed by atoms with van der Waals surface area (Å²) in [5.41, 5.74) is 3.33. The minimum absolute atomic E-state index is 0.193. The summed E-state index contributed by atoms with van der Waals surface area (Å²) in [6.07, 6.45) is 2.67. The summed E-state index contributed by atoms with van der Waals surface area (Å²) in [4.78, 5) is 20.4. The Morgan fingerprint density at radius 3 is 2.85 bits per heavy atom. The minimum Gasteiger partial charge on any atom is -0.461 e. The highest BCUT2D eigenvalue weighted by Crippen LogP contribution is 2.18. The molecule has 3 aromatic heterocycles. The monoisotopic (exact) mass is 374 g/mol. The van der Waals surface area contributed by atoms with Crippen molar-refractivity contribution in [3.8, 4) is 0 Å². The van der Waals surface area contributed by atoms with Crippen molar-refractivity contribution in [1.82, 2.24) is 19.7 Å². The predicted octanol–water partition coefficient (Wildman–Crippen LogP) is 3.56. The number of fused-ring (bicyclic) bond motifs is 1. The summed E-state index contributed by atoms with van der Waals surface area (Å²) in [5, 5.41) is 5.08. The van der Waals surface area contributed by atoms with Crippen molar-refractivity contribution < 1.29 is 18.3 Å². The van der Waals surface area contributed by atoms with E-state index in [9.17, 15) is 13.6 Å². The van der Waals surface area contributed by atoms with E-state index in [2.05, 4.69) is 15.1 Å². The fraction of sp³-hybridized carbons (Fsp3) is 0.368. The van der Waals surface area contributed by atoms with Crippen molar-refractivity contribution in [2.75, 3.05) is 6.61 Å². The van der Waals surface area contributed by atoms with E-state index in [-0.39, 0.29) is 25.1 Å². The molecular formula is C19H20F2N4O2. The summed E-state index contributed by atoms with van der Waals surface area (Å²) in [7, 11) is 0. The maximum atomic E-state index is 12.4. The molecule has 3 aromatic rings. The van der Waals surface area contributed by atoms with Crippen LogP contribution in [0.1, 0.15) is 40.7 Å². The molecular weight excluding hydrogens is 354 g/mol. The number of pyridine rings is 2. The molecule has 8 heteroatoms. The van der Waals surface area contributed by atoms with Crippen molar-refractivity contribution in [3.63, 3.8) is 0 Å². The molecule has 3 heterocycles. The quantitative estimate of drug-likeness (QED) is 0.592. The number of nitrogens with zero attached hydrogens (tertiary/aromatic N) is 4. The maximum absolute atomic E-state index is 12.4. The van der Waals surface area contributed by atoms with Crippen molar-refractivity contribution in [1.29, 1.82) is 0 Å². The molecule has 0 amide bonds. The smallest absolute Gasteiger partial charge is 0.357 e. The number of alkyl halides is 2. The minimum atomic E-state index is -2.33. The molecule has 0 aliphatic rings. The van der Waals surface area contributed by atoms with Crippen LogP contribution in [0, 0.1) is 6.92 Å². The Labute approximate surface area is 155 Å². The second-order valence-electron chi connectivity index (χ2n) is 6.18. The Hall–Kier alpha value is -2.90. The van der Waals surface area contributed by atoms with Crippen LogP contribution in [-0.2, 0) is 17.7 Å². The van der Waals surface area contributed by atoms with Crippen molar-refractivity contribution >= 4 is 16.9 Å². The molecule has 0 atom stereocenters. The van der Waals surface area contributed by atoms with Crippen LogP contribution < -0.4 is 0 Å². The highest BCUT2D eigenvalue weighted by atomic mass is 19.3. The summed E-state index contributed by atoms with van der Waals surface area (Å²) >= 11 is 0. The van der Waals surface area contributed by atoms with E-state index in [1.165, 1.54) is 6.20 Å². The fourth-order valence-corrected chi connectivity index (χ4v) is 2.88. The number of aryl methyl sites for hydroxylation is 2. The van der Waals surface area contributed by atoms with Gasteiger partial charge in [0.1, 0.15) is 0 Å². The van der Waals surface area contributed by atoms with Crippen LogP contribution in [0.4, 0.5) is 8.78 Å². The lowest BCUT2D eigenvalue weighted by atomic mass is 10.1. The predicted molar refractivity (Wildman–Crippen MR) is 95.9 cm³/mol. The Bertz CT molecular complexity index is 956. The van der Waals surface area contributed by atoms with E-state index in [1.54, 1.807) is 30.1 Å². The third kappa shape index (κ3) is 4.45. The van der Waals surface area contributed by atoms with E-state index < -0.39 is 12.4 Å². The van der Waals surface area contributed by atoms with Gasteiger partial charge < -0.3 is 4.74 Å². The largest absolute Gasteiger partial charge is 0.461 e. The Kier molecular flexibility index (Phi) is 5.73. The summed E-state index contributed by atoms with van der Waals surface area (Å²) in [6, 6.07) is 3.65. The lowest BCUT2D eigenvalue weighted by molar-refractivity contribution is 0.0522. The van der Waals surface area contributed by atoms with E-state index in [4.69, 9.17) is 4.74 Å². The molecule has 6 nitrogen and oxygen atoms in total. The summed E-state index contributed by atoms with van der Waals surface area (Å²) in [5.74, 6) is -0.483. The number of ether oxygens (including phenoxy) is 1. The van der Waals surface area contributed by atoms with Gasteiger partial charge in [-0.2, -0.15) is 5.10 Å². The van der Waals surface area contributed by atoms with E-state index in [0.29, 0.717) is 23.1 Å².